The van der Waals surface area contributed by atoms with E-state index in [4.69, 9.17) is 9.47 Å². The molecule has 2 amide bonds. The standard InChI is InChI=1S/C27H30N2O4/c1-20(2)32-19-23-14-9-15-24(16-23)28-26(30)25(17-21-10-5-3-6-11-21)29-27(31)33-18-22-12-7-4-8-13-22/h3-16,20,25H,17-19H2,1-2H3,(H,28,30)(H,29,31). The SMILES string of the molecule is CC(C)OCc1cccc(NC(=O)C(Cc2ccccc2)NC(=O)OCc2ccccc2)c1. The van der Waals surface area contributed by atoms with Crippen molar-refractivity contribution in [3.8, 4) is 0 Å². The van der Waals surface area contributed by atoms with Crippen LogP contribution in [-0.4, -0.2) is 24.1 Å². The van der Waals surface area contributed by atoms with Gasteiger partial charge in [0.15, 0.2) is 0 Å². The zero-order valence-electron chi connectivity index (χ0n) is 19.0. The molecule has 6 nitrogen and oxygen atoms in total. The number of ether oxygens (including phenoxy) is 2. The van der Waals surface area contributed by atoms with E-state index in [2.05, 4.69) is 10.6 Å². The van der Waals surface area contributed by atoms with Gasteiger partial charge in [-0.2, -0.15) is 0 Å². The van der Waals surface area contributed by atoms with Crippen molar-refractivity contribution < 1.29 is 19.1 Å². The smallest absolute Gasteiger partial charge is 0.408 e. The first-order valence-electron chi connectivity index (χ1n) is 11.0. The first kappa shape index (κ1) is 24.0. The number of anilines is 1. The molecule has 0 fully saturated rings. The zero-order valence-corrected chi connectivity index (χ0v) is 19.0. The summed E-state index contributed by atoms with van der Waals surface area (Å²) in [5.74, 6) is -0.322. The Kier molecular flexibility index (Phi) is 9.03. The van der Waals surface area contributed by atoms with Crippen LogP contribution in [0.25, 0.3) is 0 Å². The number of carbonyl (C=O) groups excluding carboxylic acids is 2. The topological polar surface area (TPSA) is 76.7 Å². The number of hydrogen-bond donors (Lipinski definition) is 2. The van der Waals surface area contributed by atoms with Crippen LogP contribution in [0.1, 0.15) is 30.5 Å². The highest BCUT2D eigenvalue weighted by Crippen LogP contribution is 2.14. The zero-order chi connectivity index (χ0) is 23.5. The molecule has 3 aromatic rings. The molecule has 0 saturated heterocycles. The number of amides is 2. The fourth-order valence-corrected chi connectivity index (χ4v) is 3.20. The van der Waals surface area contributed by atoms with E-state index in [0.717, 1.165) is 16.7 Å². The van der Waals surface area contributed by atoms with Gasteiger partial charge >= 0.3 is 6.09 Å². The minimum atomic E-state index is -0.800. The Morgan fingerprint density at radius 2 is 1.42 bits per heavy atom. The van der Waals surface area contributed by atoms with Crippen LogP contribution in [0.2, 0.25) is 0 Å². The first-order valence-corrected chi connectivity index (χ1v) is 11.0. The number of nitrogens with one attached hydrogen (secondary N) is 2. The summed E-state index contributed by atoms with van der Waals surface area (Å²) in [5, 5.41) is 5.62. The monoisotopic (exact) mass is 446 g/mol. The molecule has 0 heterocycles. The Hall–Kier alpha value is -3.64. The molecule has 0 spiro atoms. The summed E-state index contributed by atoms with van der Waals surface area (Å²) < 4.78 is 11.0. The summed E-state index contributed by atoms with van der Waals surface area (Å²) >= 11 is 0. The van der Waals surface area contributed by atoms with Gasteiger partial charge in [-0.1, -0.05) is 72.8 Å². The van der Waals surface area contributed by atoms with Crippen LogP contribution in [0.4, 0.5) is 10.5 Å². The molecule has 0 aliphatic heterocycles. The van der Waals surface area contributed by atoms with Gasteiger partial charge in [0, 0.05) is 12.1 Å². The predicted molar refractivity (Wildman–Crippen MR) is 129 cm³/mol. The van der Waals surface area contributed by atoms with Gasteiger partial charge in [0.2, 0.25) is 5.91 Å². The molecular formula is C27H30N2O4. The Balaban J connectivity index is 1.66. The summed E-state index contributed by atoms with van der Waals surface area (Å²) in [4.78, 5) is 25.5. The third-order valence-corrected chi connectivity index (χ3v) is 4.88. The van der Waals surface area contributed by atoms with Crippen molar-refractivity contribution in [2.24, 2.45) is 0 Å². The van der Waals surface area contributed by atoms with E-state index >= 15 is 0 Å². The highest BCUT2D eigenvalue weighted by molar-refractivity contribution is 5.96. The third-order valence-electron chi connectivity index (χ3n) is 4.88. The van der Waals surface area contributed by atoms with Crippen LogP contribution < -0.4 is 10.6 Å². The van der Waals surface area contributed by atoms with Gasteiger partial charge in [0.05, 0.1) is 12.7 Å². The highest BCUT2D eigenvalue weighted by atomic mass is 16.5. The maximum Gasteiger partial charge on any atom is 0.408 e. The molecule has 6 heteroatoms. The predicted octanol–water partition coefficient (Wildman–Crippen LogP) is 5.09. The van der Waals surface area contributed by atoms with Crippen LogP contribution in [0.5, 0.6) is 0 Å². The van der Waals surface area contributed by atoms with E-state index in [-0.39, 0.29) is 18.6 Å². The van der Waals surface area contributed by atoms with Gasteiger partial charge in [-0.3, -0.25) is 4.79 Å². The fraction of sp³-hybridized carbons (Fsp3) is 0.259. The van der Waals surface area contributed by atoms with E-state index in [1.807, 2.05) is 98.8 Å². The average molecular weight is 447 g/mol. The quantitative estimate of drug-likeness (QED) is 0.455. The van der Waals surface area contributed by atoms with Gasteiger partial charge < -0.3 is 20.1 Å². The number of hydrogen-bond acceptors (Lipinski definition) is 4. The minimum absolute atomic E-state index is 0.115. The first-order chi connectivity index (χ1) is 16.0. The lowest BCUT2D eigenvalue weighted by molar-refractivity contribution is -0.118. The lowest BCUT2D eigenvalue weighted by Crippen LogP contribution is -2.45. The molecule has 0 aromatic heterocycles. The van der Waals surface area contributed by atoms with E-state index in [1.54, 1.807) is 0 Å². The Morgan fingerprint density at radius 3 is 2.09 bits per heavy atom. The molecular weight excluding hydrogens is 416 g/mol. The molecule has 1 atom stereocenters. The minimum Gasteiger partial charge on any atom is -0.445 e. The molecule has 0 radical (unpaired) electrons. The van der Waals surface area contributed by atoms with Crippen molar-refractivity contribution in [1.82, 2.24) is 5.32 Å². The van der Waals surface area contributed by atoms with Crippen molar-refractivity contribution in [1.29, 1.82) is 0 Å². The number of rotatable bonds is 10. The normalized spacial score (nSPS) is 11.6. The second-order valence-corrected chi connectivity index (χ2v) is 8.00. The van der Waals surface area contributed by atoms with E-state index in [9.17, 15) is 9.59 Å². The van der Waals surface area contributed by atoms with Gasteiger partial charge in [0.25, 0.3) is 0 Å². The fourth-order valence-electron chi connectivity index (χ4n) is 3.20. The maximum absolute atomic E-state index is 13.1. The van der Waals surface area contributed by atoms with E-state index in [0.29, 0.717) is 18.7 Å². The molecule has 172 valence electrons. The van der Waals surface area contributed by atoms with Gasteiger partial charge in [-0.05, 0) is 42.7 Å². The molecule has 0 aliphatic carbocycles. The van der Waals surface area contributed by atoms with Crippen LogP contribution in [0.3, 0.4) is 0 Å². The van der Waals surface area contributed by atoms with Gasteiger partial charge in [0.1, 0.15) is 12.6 Å². The largest absolute Gasteiger partial charge is 0.445 e. The maximum atomic E-state index is 13.1. The van der Waals surface area contributed by atoms with Crippen molar-refractivity contribution in [3.05, 3.63) is 102 Å². The molecule has 0 bridgehead atoms. The van der Waals surface area contributed by atoms with E-state index in [1.165, 1.54) is 0 Å². The van der Waals surface area contributed by atoms with E-state index < -0.39 is 12.1 Å². The summed E-state index contributed by atoms with van der Waals surface area (Å²) in [5.41, 5.74) is 3.40. The van der Waals surface area contributed by atoms with Crippen LogP contribution in [0.15, 0.2) is 84.9 Å². The summed E-state index contributed by atoms with van der Waals surface area (Å²) in [6.07, 6.45) is -0.192. The molecule has 33 heavy (non-hydrogen) atoms. The van der Waals surface area contributed by atoms with Gasteiger partial charge in [-0.15, -0.1) is 0 Å². The number of carbonyl (C=O) groups is 2. The summed E-state index contributed by atoms with van der Waals surface area (Å²) in [6.45, 7) is 4.54. The van der Waals surface area contributed by atoms with Gasteiger partial charge in [-0.25, -0.2) is 4.79 Å². The van der Waals surface area contributed by atoms with Crippen molar-refractivity contribution in [2.75, 3.05) is 5.32 Å². The van der Waals surface area contributed by atoms with Crippen molar-refractivity contribution in [2.45, 2.75) is 45.6 Å². The third kappa shape index (κ3) is 8.43. The second kappa shape index (κ2) is 12.4. The van der Waals surface area contributed by atoms with Crippen LogP contribution in [-0.2, 0) is 33.9 Å². The van der Waals surface area contributed by atoms with Crippen molar-refractivity contribution >= 4 is 17.7 Å². The lowest BCUT2D eigenvalue weighted by Gasteiger charge is -2.19. The van der Waals surface area contributed by atoms with Crippen molar-refractivity contribution in [3.63, 3.8) is 0 Å². The summed E-state index contributed by atoms with van der Waals surface area (Å²) in [6, 6.07) is 25.6. The Morgan fingerprint density at radius 1 is 0.788 bits per heavy atom. The molecule has 2 N–H and O–H groups in total. The van der Waals surface area contributed by atoms with Crippen LogP contribution in [0, 0.1) is 0 Å². The highest BCUT2D eigenvalue weighted by Gasteiger charge is 2.22. The summed E-state index contributed by atoms with van der Waals surface area (Å²) in [7, 11) is 0. The number of benzene rings is 3. The molecule has 1 unspecified atom stereocenters. The second-order valence-electron chi connectivity index (χ2n) is 8.00. The Bertz CT molecular complexity index is 1020. The average Bonchev–Trinajstić information content (AvgIpc) is 2.82. The lowest BCUT2D eigenvalue weighted by atomic mass is 10.1. The van der Waals surface area contributed by atoms with Crippen LogP contribution >= 0.6 is 0 Å². The molecule has 0 saturated carbocycles. The number of alkyl carbamates (subject to hydrolysis) is 1. The molecule has 0 aliphatic rings. The Labute approximate surface area is 194 Å². The molecule has 3 rings (SSSR count). The molecule has 3 aromatic carbocycles.